The minimum Gasteiger partial charge on any atom is -0.302 e. The first-order valence-electron chi connectivity index (χ1n) is 5.10. The molecule has 2 aliphatic rings. The molecule has 1 heterocycles. The number of aromatic nitrogens is 2. The summed E-state index contributed by atoms with van der Waals surface area (Å²) in [6.45, 7) is 0. The molecule has 3 atom stereocenters. The van der Waals surface area contributed by atoms with Gasteiger partial charge in [0.1, 0.15) is 0 Å². The van der Waals surface area contributed by atoms with Gasteiger partial charge < -0.3 is 5.10 Å². The molecule has 2 N–H and O–H groups in total. The molecule has 2 bridgehead atoms. The van der Waals surface area contributed by atoms with Crippen LogP contribution in [0, 0.1) is 11.8 Å². The van der Waals surface area contributed by atoms with Crippen molar-refractivity contribution in [1.82, 2.24) is 10.2 Å². The third-order valence-electron chi connectivity index (χ3n) is 3.75. The van der Waals surface area contributed by atoms with Crippen molar-refractivity contribution in [3.05, 3.63) is 22.1 Å². The van der Waals surface area contributed by atoms with E-state index in [9.17, 15) is 4.79 Å². The van der Waals surface area contributed by atoms with E-state index in [0.29, 0.717) is 5.92 Å². The van der Waals surface area contributed by atoms with Crippen LogP contribution in [0.4, 0.5) is 0 Å². The summed E-state index contributed by atoms with van der Waals surface area (Å²) in [7, 11) is 0. The lowest BCUT2D eigenvalue weighted by molar-refractivity contribution is 0.413. The fraction of sp³-hybridized carbons (Fsp3) is 0.700. The van der Waals surface area contributed by atoms with Crippen molar-refractivity contribution in [3.63, 3.8) is 0 Å². The van der Waals surface area contributed by atoms with Crippen LogP contribution in [0.2, 0.25) is 0 Å². The van der Waals surface area contributed by atoms with E-state index in [1.54, 1.807) is 6.07 Å². The highest BCUT2D eigenvalue weighted by molar-refractivity contribution is 5.12. The fourth-order valence-electron chi connectivity index (χ4n) is 3.17. The Bertz CT molecular complexity index is 365. The van der Waals surface area contributed by atoms with Crippen LogP contribution in [0.1, 0.15) is 37.3 Å². The minimum atomic E-state index is 0.0118. The average Bonchev–Trinajstić information content (AvgIpc) is 2.77. The molecule has 2 saturated carbocycles. The lowest BCUT2D eigenvalue weighted by Gasteiger charge is -2.19. The standard InChI is InChI=1S/C10H14N2O/c13-10-5-9(11-12-10)8-4-6-1-2-7(8)3-6/h5-8H,1-4H2,(H2,11,12,13). The quantitative estimate of drug-likeness (QED) is 0.674. The van der Waals surface area contributed by atoms with E-state index in [-0.39, 0.29) is 5.56 Å². The summed E-state index contributed by atoms with van der Waals surface area (Å²) in [4.78, 5) is 11.0. The fourth-order valence-corrected chi connectivity index (χ4v) is 3.17. The van der Waals surface area contributed by atoms with Crippen LogP contribution in [0.5, 0.6) is 0 Å². The van der Waals surface area contributed by atoms with Crippen LogP contribution in [0.3, 0.4) is 0 Å². The van der Waals surface area contributed by atoms with Gasteiger partial charge in [0.15, 0.2) is 0 Å². The Hall–Kier alpha value is -0.990. The molecule has 0 saturated heterocycles. The predicted molar refractivity (Wildman–Crippen MR) is 49.6 cm³/mol. The van der Waals surface area contributed by atoms with E-state index < -0.39 is 0 Å². The first-order valence-corrected chi connectivity index (χ1v) is 5.10. The Morgan fingerprint density at radius 1 is 1.23 bits per heavy atom. The Kier molecular flexibility index (Phi) is 1.43. The van der Waals surface area contributed by atoms with Gasteiger partial charge in [-0.1, -0.05) is 6.42 Å². The largest absolute Gasteiger partial charge is 0.302 e. The molecule has 70 valence electrons. The number of rotatable bonds is 1. The molecule has 0 amide bonds. The molecular weight excluding hydrogens is 164 g/mol. The zero-order valence-corrected chi connectivity index (χ0v) is 7.55. The second-order valence-corrected chi connectivity index (χ2v) is 4.50. The van der Waals surface area contributed by atoms with Crippen molar-refractivity contribution in [2.45, 2.75) is 31.6 Å². The van der Waals surface area contributed by atoms with E-state index in [1.807, 2.05) is 0 Å². The Labute approximate surface area is 76.5 Å². The summed E-state index contributed by atoms with van der Waals surface area (Å²) in [6, 6.07) is 1.73. The van der Waals surface area contributed by atoms with Gasteiger partial charge in [0, 0.05) is 17.7 Å². The molecule has 2 aliphatic carbocycles. The normalized spacial score (nSPS) is 37.1. The van der Waals surface area contributed by atoms with Gasteiger partial charge in [0.2, 0.25) is 0 Å². The zero-order valence-electron chi connectivity index (χ0n) is 7.55. The maximum absolute atomic E-state index is 11.0. The molecule has 0 aromatic carbocycles. The van der Waals surface area contributed by atoms with Crippen molar-refractivity contribution in [2.24, 2.45) is 11.8 Å². The van der Waals surface area contributed by atoms with Gasteiger partial charge in [0.05, 0.1) is 0 Å². The van der Waals surface area contributed by atoms with Crippen LogP contribution >= 0.6 is 0 Å². The SMILES string of the molecule is O=c1cc(C2CC3CCC2C3)[nH][nH]1. The summed E-state index contributed by atoms with van der Waals surface area (Å²) >= 11 is 0. The molecule has 3 nitrogen and oxygen atoms in total. The topological polar surface area (TPSA) is 48.6 Å². The van der Waals surface area contributed by atoms with Crippen LogP contribution in [0.15, 0.2) is 10.9 Å². The molecule has 13 heavy (non-hydrogen) atoms. The van der Waals surface area contributed by atoms with E-state index in [0.717, 1.165) is 17.5 Å². The van der Waals surface area contributed by atoms with Gasteiger partial charge >= 0.3 is 0 Å². The van der Waals surface area contributed by atoms with Gasteiger partial charge in [-0.2, -0.15) is 0 Å². The number of nitrogens with one attached hydrogen (secondary N) is 2. The molecule has 3 unspecified atom stereocenters. The van der Waals surface area contributed by atoms with Gasteiger partial charge in [0.25, 0.3) is 5.56 Å². The van der Waals surface area contributed by atoms with E-state index in [4.69, 9.17) is 0 Å². The summed E-state index contributed by atoms with van der Waals surface area (Å²) in [5, 5.41) is 5.62. The van der Waals surface area contributed by atoms with Gasteiger partial charge in [-0.25, -0.2) is 0 Å². The molecular formula is C10H14N2O. The number of hydrogen-bond donors (Lipinski definition) is 2. The third-order valence-corrected chi connectivity index (χ3v) is 3.75. The summed E-state index contributed by atoms with van der Waals surface area (Å²) in [5.74, 6) is 2.42. The van der Waals surface area contributed by atoms with E-state index in [2.05, 4.69) is 10.2 Å². The first-order chi connectivity index (χ1) is 6.33. The third kappa shape index (κ3) is 1.06. The molecule has 1 aromatic rings. The van der Waals surface area contributed by atoms with Crippen LogP contribution in [-0.2, 0) is 0 Å². The lowest BCUT2D eigenvalue weighted by Crippen LogP contribution is -2.08. The van der Waals surface area contributed by atoms with Gasteiger partial charge in [-0.05, 0) is 31.1 Å². The van der Waals surface area contributed by atoms with Gasteiger partial charge in [-0.15, -0.1) is 0 Å². The number of hydrogen-bond acceptors (Lipinski definition) is 1. The van der Waals surface area contributed by atoms with E-state index in [1.165, 1.54) is 25.7 Å². The van der Waals surface area contributed by atoms with Crippen molar-refractivity contribution in [2.75, 3.05) is 0 Å². The molecule has 1 aromatic heterocycles. The smallest absolute Gasteiger partial charge is 0.264 e. The Balaban J connectivity index is 1.91. The Morgan fingerprint density at radius 2 is 2.15 bits per heavy atom. The molecule has 3 rings (SSSR count). The molecule has 0 radical (unpaired) electrons. The zero-order chi connectivity index (χ0) is 8.84. The average molecular weight is 178 g/mol. The molecule has 2 fully saturated rings. The predicted octanol–water partition coefficient (Wildman–Crippen LogP) is 1.61. The lowest BCUT2D eigenvalue weighted by atomic mass is 9.86. The van der Waals surface area contributed by atoms with Crippen LogP contribution in [0.25, 0.3) is 0 Å². The second kappa shape index (κ2) is 2.50. The molecule has 0 aliphatic heterocycles. The van der Waals surface area contributed by atoms with Gasteiger partial charge in [-0.3, -0.25) is 9.89 Å². The summed E-state index contributed by atoms with van der Waals surface area (Å²) < 4.78 is 0. The highest BCUT2D eigenvalue weighted by Gasteiger charge is 2.40. The second-order valence-electron chi connectivity index (χ2n) is 4.50. The number of H-pyrrole nitrogens is 2. The maximum Gasteiger partial charge on any atom is 0.264 e. The van der Waals surface area contributed by atoms with Crippen molar-refractivity contribution in [1.29, 1.82) is 0 Å². The Morgan fingerprint density at radius 3 is 2.69 bits per heavy atom. The van der Waals surface area contributed by atoms with Crippen LogP contribution in [-0.4, -0.2) is 10.2 Å². The summed E-state index contributed by atoms with van der Waals surface area (Å²) in [5.41, 5.74) is 1.15. The maximum atomic E-state index is 11.0. The summed E-state index contributed by atoms with van der Waals surface area (Å²) in [6.07, 6.45) is 5.45. The molecule has 3 heteroatoms. The van der Waals surface area contributed by atoms with E-state index >= 15 is 0 Å². The van der Waals surface area contributed by atoms with Crippen molar-refractivity contribution < 1.29 is 0 Å². The van der Waals surface area contributed by atoms with Crippen LogP contribution < -0.4 is 5.56 Å². The van der Waals surface area contributed by atoms with Crippen molar-refractivity contribution in [3.8, 4) is 0 Å². The minimum absolute atomic E-state index is 0.0118. The monoisotopic (exact) mass is 178 g/mol. The van der Waals surface area contributed by atoms with Crippen molar-refractivity contribution >= 4 is 0 Å². The number of fused-ring (bicyclic) bond motifs is 2. The number of aromatic amines is 2. The molecule has 0 spiro atoms. The highest BCUT2D eigenvalue weighted by Crippen LogP contribution is 2.52. The first kappa shape index (κ1) is 7.42. The highest BCUT2D eigenvalue weighted by atomic mass is 16.1.